The molecular formula is C11H12BrF3N2O. The topological polar surface area (TPSA) is 55.1 Å². The largest absolute Gasteiger partial charge is 0.417 e. The Bertz CT molecular complexity index is 448. The molecule has 0 aliphatic rings. The standard InChI is InChI=1S/C11H12BrF3N2O/c1-2-9(10(16)18)17-6-3-4-8(12)7(5-6)11(13,14)15/h3-5,9,17H,2H2,1H3,(H2,16,18). The monoisotopic (exact) mass is 324 g/mol. The highest BCUT2D eigenvalue weighted by Crippen LogP contribution is 2.36. The van der Waals surface area contributed by atoms with E-state index in [9.17, 15) is 18.0 Å². The molecule has 1 rings (SSSR count). The van der Waals surface area contributed by atoms with E-state index in [4.69, 9.17) is 5.73 Å². The first kappa shape index (κ1) is 14.8. The first-order chi connectivity index (χ1) is 8.25. The van der Waals surface area contributed by atoms with Gasteiger partial charge in [0.1, 0.15) is 6.04 Å². The Morgan fingerprint density at radius 2 is 2.11 bits per heavy atom. The minimum Gasteiger partial charge on any atom is -0.374 e. The number of anilines is 1. The number of nitrogens with one attached hydrogen (secondary N) is 1. The van der Waals surface area contributed by atoms with E-state index >= 15 is 0 Å². The molecule has 3 nitrogen and oxygen atoms in total. The fourth-order valence-electron chi connectivity index (χ4n) is 1.41. The third-order valence-electron chi connectivity index (χ3n) is 2.36. The zero-order chi connectivity index (χ0) is 13.9. The summed E-state index contributed by atoms with van der Waals surface area (Å²) in [5, 5.41) is 2.67. The fourth-order valence-corrected chi connectivity index (χ4v) is 1.88. The van der Waals surface area contributed by atoms with Crippen molar-refractivity contribution in [2.24, 2.45) is 5.73 Å². The van der Waals surface area contributed by atoms with E-state index in [0.29, 0.717) is 6.42 Å². The second kappa shape index (κ2) is 5.60. The minimum atomic E-state index is -4.45. The van der Waals surface area contributed by atoms with Crippen LogP contribution in [0.4, 0.5) is 18.9 Å². The van der Waals surface area contributed by atoms with Crippen molar-refractivity contribution in [1.82, 2.24) is 0 Å². The summed E-state index contributed by atoms with van der Waals surface area (Å²) < 4.78 is 37.9. The number of amides is 1. The van der Waals surface area contributed by atoms with Gasteiger partial charge in [0.25, 0.3) is 0 Å². The van der Waals surface area contributed by atoms with Gasteiger partial charge in [0, 0.05) is 10.2 Å². The maximum absolute atomic E-state index is 12.7. The molecule has 0 aliphatic carbocycles. The number of alkyl halides is 3. The number of carbonyl (C=O) groups excluding carboxylic acids is 1. The molecule has 100 valence electrons. The van der Waals surface area contributed by atoms with E-state index in [0.717, 1.165) is 6.07 Å². The Morgan fingerprint density at radius 1 is 1.50 bits per heavy atom. The summed E-state index contributed by atoms with van der Waals surface area (Å²) in [6.45, 7) is 1.71. The number of hydrogen-bond acceptors (Lipinski definition) is 2. The van der Waals surface area contributed by atoms with Crippen molar-refractivity contribution in [2.75, 3.05) is 5.32 Å². The highest BCUT2D eigenvalue weighted by molar-refractivity contribution is 9.10. The van der Waals surface area contributed by atoms with Gasteiger partial charge in [0.2, 0.25) is 5.91 Å². The van der Waals surface area contributed by atoms with Gasteiger partial charge in [-0.1, -0.05) is 22.9 Å². The predicted molar refractivity (Wildman–Crippen MR) is 66.0 cm³/mol. The van der Waals surface area contributed by atoms with Gasteiger partial charge in [-0.05, 0) is 24.6 Å². The lowest BCUT2D eigenvalue weighted by Gasteiger charge is -2.17. The molecule has 1 aromatic carbocycles. The number of hydrogen-bond donors (Lipinski definition) is 2. The fraction of sp³-hybridized carbons (Fsp3) is 0.364. The predicted octanol–water partition coefficient (Wildman–Crippen LogP) is 3.14. The Morgan fingerprint density at radius 3 is 2.56 bits per heavy atom. The summed E-state index contributed by atoms with van der Waals surface area (Å²) in [6, 6.07) is 2.98. The summed E-state index contributed by atoms with van der Waals surface area (Å²) in [6.07, 6.45) is -4.06. The molecule has 0 saturated heterocycles. The van der Waals surface area contributed by atoms with E-state index in [1.807, 2.05) is 0 Å². The molecule has 0 heterocycles. The molecule has 3 N–H and O–H groups in total. The summed E-state index contributed by atoms with van der Waals surface area (Å²) in [7, 11) is 0. The lowest BCUT2D eigenvalue weighted by molar-refractivity contribution is -0.138. The second-order valence-corrected chi connectivity index (χ2v) is 4.55. The molecule has 7 heteroatoms. The summed E-state index contributed by atoms with van der Waals surface area (Å²) in [4.78, 5) is 11.0. The van der Waals surface area contributed by atoms with Gasteiger partial charge in [-0.3, -0.25) is 4.79 Å². The van der Waals surface area contributed by atoms with Gasteiger partial charge in [-0.15, -0.1) is 0 Å². The molecule has 0 aliphatic heterocycles. The normalized spacial score (nSPS) is 13.2. The average molecular weight is 325 g/mol. The Balaban J connectivity index is 3.02. The molecule has 0 aromatic heterocycles. The molecule has 1 aromatic rings. The number of primary amides is 1. The minimum absolute atomic E-state index is 0.0485. The highest BCUT2D eigenvalue weighted by Gasteiger charge is 2.33. The first-order valence-electron chi connectivity index (χ1n) is 5.18. The molecule has 1 amide bonds. The van der Waals surface area contributed by atoms with Crippen molar-refractivity contribution in [3.63, 3.8) is 0 Å². The van der Waals surface area contributed by atoms with Gasteiger partial charge in [-0.25, -0.2) is 0 Å². The second-order valence-electron chi connectivity index (χ2n) is 3.70. The number of halogens is 4. The molecule has 0 saturated carbocycles. The number of carbonyl (C=O) groups is 1. The molecule has 1 atom stereocenters. The van der Waals surface area contributed by atoms with Crippen molar-refractivity contribution >= 4 is 27.5 Å². The van der Waals surface area contributed by atoms with Crippen LogP contribution in [0.3, 0.4) is 0 Å². The third-order valence-corrected chi connectivity index (χ3v) is 3.06. The van der Waals surface area contributed by atoms with Crippen LogP contribution in [0.5, 0.6) is 0 Å². The lowest BCUT2D eigenvalue weighted by Crippen LogP contribution is -2.34. The Labute approximate surface area is 111 Å². The van der Waals surface area contributed by atoms with Gasteiger partial charge >= 0.3 is 6.18 Å². The molecule has 1 unspecified atom stereocenters. The van der Waals surface area contributed by atoms with Crippen LogP contribution in [-0.2, 0) is 11.0 Å². The highest BCUT2D eigenvalue weighted by atomic mass is 79.9. The zero-order valence-corrected chi connectivity index (χ0v) is 11.1. The van der Waals surface area contributed by atoms with Crippen molar-refractivity contribution in [3.05, 3.63) is 28.2 Å². The molecule has 0 radical (unpaired) electrons. The van der Waals surface area contributed by atoms with Gasteiger partial charge < -0.3 is 11.1 Å². The van der Waals surface area contributed by atoms with Crippen LogP contribution < -0.4 is 11.1 Å². The van der Waals surface area contributed by atoms with Crippen LogP contribution in [-0.4, -0.2) is 11.9 Å². The van der Waals surface area contributed by atoms with Crippen LogP contribution in [0.2, 0.25) is 0 Å². The van der Waals surface area contributed by atoms with Crippen LogP contribution in [0.25, 0.3) is 0 Å². The van der Waals surface area contributed by atoms with Crippen molar-refractivity contribution in [2.45, 2.75) is 25.6 Å². The third kappa shape index (κ3) is 3.63. The summed E-state index contributed by atoms with van der Waals surface area (Å²) >= 11 is 2.84. The van der Waals surface area contributed by atoms with Crippen LogP contribution in [0.1, 0.15) is 18.9 Å². The van der Waals surface area contributed by atoms with E-state index < -0.39 is 23.7 Å². The van der Waals surface area contributed by atoms with E-state index in [1.54, 1.807) is 6.92 Å². The number of benzene rings is 1. The maximum atomic E-state index is 12.7. The van der Waals surface area contributed by atoms with Gasteiger partial charge in [0.15, 0.2) is 0 Å². The molecule has 0 spiro atoms. The SMILES string of the molecule is CCC(Nc1ccc(Br)c(C(F)(F)F)c1)C(N)=O. The summed E-state index contributed by atoms with van der Waals surface area (Å²) in [5.41, 5.74) is 4.52. The van der Waals surface area contributed by atoms with E-state index in [1.165, 1.54) is 12.1 Å². The number of nitrogens with two attached hydrogens (primary N) is 1. The quantitative estimate of drug-likeness (QED) is 0.893. The number of rotatable bonds is 4. The van der Waals surface area contributed by atoms with Crippen molar-refractivity contribution in [3.8, 4) is 0 Å². The smallest absolute Gasteiger partial charge is 0.374 e. The Kier molecular flexibility index (Phi) is 4.61. The van der Waals surface area contributed by atoms with E-state index in [-0.39, 0.29) is 10.2 Å². The molecule has 0 bridgehead atoms. The van der Waals surface area contributed by atoms with Gasteiger partial charge in [0.05, 0.1) is 5.56 Å². The molecule has 18 heavy (non-hydrogen) atoms. The first-order valence-corrected chi connectivity index (χ1v) is 5.97. The maximum Gasteiger partial charge on any atom is 0.417 e. The van der Waals surface area contributed by atoms with Crippen molar-refractivity contribution < 1.29 is 18.0 Å². The van der Waals surface area contributed by atoms with E-state index in [2.05, 4.69) is 21.2 Å². The summed E-state index contributed by atoms with van der Waals surface area (Å²) in [5.74, 6) is -0.603. The molecule has 0 fully saturated rings. The van der Waals surface area contributed by atoms with Crippen molar-refractivity contribution in [1.29, 1.82) is 0 Å². The zero-order valence-electron chi connectivity index (χ0n) is 9.51. The lowest BCUT2D eigenvalue weighted by atomic mass is 10.1. The van der Waals surface area contributed by atoms with Crippen LogP contribution >= 0.6 is 15.9 Å². The average Bonchev–Trinajstić information content (AvgIpc) is 2.25. The van der Waals surface area contributed by atoms with Gasteiger partial charge in [-0.2, -0.15) is 13.2 Å². The molecular weight excluding hydrogens is 313 g/mol. The van der Waals surface area contributed by atoms with Crippen LogP contribution in [0, 0.1) is 0 Å². The van der Waals surface area contributed by atoms with Crippen LogP contribution in [0.15, 0.2) is 22.7 Å². The Hall–Kier alpha value is -1.24.